The third kappa shape index (κ3) is 3.17. The summed E-state index contributed by atoms with van der Waals surface area (Å²) in [6.07, 6.45) is 0.533. The topological polar surface area (TPSA) is 55.6 Å². The molecule has 0 spiro atoms. The molecule has 98 valence electrons. The Hall–Kier alpha value is -1.20. The molecule has 0 aliphatic carbocycles. The average molecular weight is 266 g/mol. The summed E-state index contributed by atoms with van der Waals surface area (Å²) < 4.78 is 5.29. The maximum Gasteiger partial charge on any atom is 0.410 e. The number of ether oxygens (including phenoxy) is 1. The molecule has 1 heterocycles. The Kier molecular flexibility index (Phi) is 4.49. The second-order valence-corrected chi connectivity index (χ2v) is 5.20. The van der Waals surface area contributed by atoms with Crippen LogP contribution in [0, 0.1) is 0 Å². The molecule has 2 atom stereocenters. The Bertz CT molecular complexity index is 399. The van der Waals surface area contributed by atoms with E-state index in [1.165, 1.54) is 0 Å². The van der Waals surface area contributed by atoms with Gasteiger partial charge in [0.05, 0.1) is 0 Å². The predicted molar refractivity (Wildman–Crippen MR) is 73.6 cm³/mol. The van der Waals surface area contributed by atoms with E-state index in [0.29, 0.717) is 19.7 Å². The molecule has 1 aromatic carbocycles. The zero-order chi connectivity index (χ0) is 13.0. The van der Waals surface area contributed by atoms with Gasteiger partial charge >= 0.3 is 6.09 Å². The van der Waals surface area contributed by atoms with Crippen LogP contribution in [-0.4, -0.2) is 35.4 Å². The Balaban J connectivity index is 1.88. The standard InChI is InChI=1S/C13H18N2O2S/c14-7-11-6-12(18)8-15(11)13(16)17-9-10-4-2-1-3-5-10/h1-5,11-12,18H,6-9,14H2. The van der Waals surface area contributed by atoms with E-state index in [0.717, 1.165) is 12.0 Å². The van der Waals surface area contributed by atoms with Crippen LogP contribution in [0.1, 0.15) is 12.0 Å². The van der Waals surface area contributed by atoms with Gasteiger partial charge in [-0.3, -0.25) is 0 Å². The molecule has 1 aliphatic rings. The summed E-state index contributed by atoms with van der Waals surface area (Å²) in [4.78, 5) is 13.6. The fourth-order valence-corrected chi connectivity index (χ4v) is 2.56. The van der Waals surface area contributed by atoms with Crippen LogP contribution in [-0.2, 0) is 11.3 Å². The number of nitrogens with zero attached hydrogens (tertiary/aromatic N) is 1. The SMILES string of the molecule is NCC1CC(S)CN1C(=O)OCc1ccccc1. The number of carbonyl (C=O) groups is 1. The third-order valence-corrected chi connectivity index (χ3v) is 3.48. The molecule has 2 N–H and O–H groups in total. The zero-order valence-electron chi connectivity index (χ0n) is 10.2. The van der Waals surface area contributed by atoms with Gasteiger partial charge in [0, 0.05) is 24.4 Å². The largest absolute Gasteiger partial charge is 0.445 e. The van der Waals surface area contributed by atoms with Crippen LogP contribution in [0.3, 0.4) is 0 Å². The maximum absolute atomic E-state index is 11.9. The van der Waals surface area contributed by atoms with Crippen LogP contribution in [0.4, 0.5) is 4.79 Å². The number of amides is 1. The van der Waals surface area contributed by atoms with Crippen molar-refractivity contribution in [1.29, 1.82) is 0 Å². The van der Waals surface area contributed by atoms with Gasteiger partial charge in [0.1, 0.15) is 6.61 Å². The first-order valence-corrected chi connectivity index (χ1v) is 6.58. The number of benzene rings is 1. The van der Waals surface area contributed by atoms with Crippen molar-refractivity contribution in [3.8, 4) is 0 Å². The van der Waals surface area contributed by atoms with Gasteiger partial charge in [-0.2, -0.15) is 12.6 Å². The maximum atomic E-state index is 11.9. The molecule has 2 unspecified atom stereocenters. The van der Waals surface area contributed by atoms with Crippen LogP contribution < -0.4 is 5.73 Å². The number of nitrogens with two attached hydrogens (primary N) is 1. The number of carbonyl (C=O) groups excluding carboxylic acids is 1. The van der Waals surface area contributed by atoms with Crippen molar-refractivity contribution < 1.29 is 9.53 Å². The zero-order valence-corrected chi connectivity index (χ0v) is 11.1. The van der Waals surface area contributed by atoms with Gasteiger partial charge in [-0.1, -0.05) is 30.3 Å². The Morgan fingerprint density at radius 2 is 2.17 bits per heavy atom. The average Bonchev–Trinajstić information content (AvgIpc) is 2.78. The van der Waals surface area contributed by atoms with Crippen molar-refractivity contribution >= 4 is 18.7 Å². The number of thiol groups is 1. The van der Waals surface area contributed by atoms with Crippen molar-refractivity contribution in [2.24, 2.45) is 5.73 Å². The van der Waals surface area contributed by atoms with Gasteiger partial charge in [-0.05, 0) is 12.0 Å². The van der Waals surface area contributed by atoms with Crippen molar-refractivity contribution in [3.63, 3.8) is 0 Å². The van der Waals surface area contributed by atoms with Crippen LogP contribution in [0.25, 0.3) is 0 Å². The molecule has 1 saturated heterocycles. The molecule has 18 heavy (non-hydrogen) atoms. The molecule has 2 rings (SSSR count). The van der Waals surface area contributed by atoms with Crippen molar-refractivity contribution in [2.45, 2.75) is 24.3 Å². The summed E-state index contributed by atoms with van der Waals surface area (Å²) in [5.41, 5.74) is 6.63. The first-order valence-electron chi connectivity index (χ1n) is 6.06. The van der Waals surface area contributed by atoms with E-state index < -0.39 is 0 Å². The quantitative estimate of drug-likeness (QED) is 0.818. The molecule has 1 aliphatic heterocycles. The molecule has 0 aromatic heterocycles. The van der Waals surface area contributed by atoms with E-state index >= 15 is 0 Å². The molecule has 5 heteroatoms. The normalized spacial score (nSPS) is 23.1. The van der Waals surface area contributed by atoms with E-state index in [1.807, 2.05) is 30.3 Å². The Morgan fingerprint density at radius 3 is 2.83 bits per heavy atom. The van der Waals surface area contributed by atoms with Gasteiger partial charge in [0.15, 0.2) is 0 Å². The lowest BCUT2D eigenvalue weighted by Gasteiger charge is -2.22. The van der Waals surface area contributed by atoms with E-state index in [2.05, 4.69) is 12.6 Å². The molecule has 0 saturated carbocycles. The molecule has 1 fully saturated rings. The molecule has 1 amide bonds. The first-order chi connectivity index (χ1) is 8.70. The molecule has 0 bridgehead atoms. The fourth-order valence-electron chi connectivity index (χ4n) is 2.14. The number of hydrogen-bond acceptors (Lipinski definition) is 4. The Labute approximate surface area is 113 Å². The predicted octanol–water partition coefficient (Wildman–Crippen LogP) is 1.65. The summed E-state index contributed by atoms with van der Waals surface area (Å²) in [7, 11) is 0. The highest BCUT2D eigenvalue weighted by Gasteiger charge is 2.33. The van der Waals surface area contributed by atoms with E-state index in [1.54, 1.807) is 4.90 Å². The third-order valence-electron chi connectivity index (χ3n) is 3.10. The van der Waals surface area contributed by atoms with Crippen LogP contribution in [0.2, 0.25) is 0 Å². The van der Waals surface area contributed by atoms with E-state index in [4.69, 9.17) is 10.5 Å². The number of hydrogen-bond donors (Lipinski definition) is 2. The molecule has 1 aromatic rings. The van der Waals surface area contributed by atoms with Gasteiger partial charge in [-0.25, -0.2) is 4.79 Å². The van der Waals surface area contributed by atoms with E-state index in [-0.39, 0.29) is 17.4 Å². The summed E-state index contributed by atoms with van der Waals surface area (Å²) in [6.45, 7) is 1.36. The molecule has 0 radical (unpaired) electrons. The van der Waals surface area contributed by atoms with Gasteiger partial charge in [0.2, 0.25) is 0 Å². The Morgan fingerprint density at radius 1 is 1.44 bits per heavy atom. The van der Waals surface area contributed by atoms with E-state index in [9.17, 15) is 4.79 Å². The molecule has 4 nitrogen and oxygen atoms in total. The summed E-state index contributed by atoms with van der Waals surface area (Å²) >= 11 is 4.39. The van der Waals surface area contributed by atoms with Crippen molar-refractivity contribution in [3.05, 3.63) is 35.9 Å². The lowest BCUT2D eigenvalue weighted by Crippen LogP contribution is -2.40. The number of rotatable bonds is 3. The van der Waals surface area contributed by atoms with Gasteiger partial charge in [0.25, 0.3) is 0 Å². The van der Waals surface area contributed by atoms with Crippen molar-refractivity contribution in [1.82, 2.24) is 4.90 Å². The second kappa shape index (κ2) is 6.11. The minimum absolute atomic E-state index is 0.0516. The minimum Gasteiger partial charge on any atom is -0.445 e. The minimum atomic E-state index is -0.300. The lowest BCUT2D eigenvalue weighted by molar-refractivity contribution is 0.0932. The van der Waals surface area contributed by atoms with Gasteiger partial charge in [-0.15, -0.1) is 0 Å². The lowest BCUT2D eigenvalue weighted by atomic mass is 10.2. The first kappa shape index (κ1) is 13.2. The van der Waals surface area contributed by atoms with Crippen LogP contribution in [0.15, 0.2) is 30.3 Å². The van der Waals surface area contributed by atoms with Crippen LogP contribution >= 0.6 is 12.6 Å². The van der Waals surface area contributed by atoms with Crippen molar-refractivity contribution in [2.75, 3.05) is 13.1 Å². The highest BCUT2D eigenvalue weighted by atomic mass is 32.1. The second-order valence-electron chi connectivity index (χ2n) is 4.47. The highest BCUT2D eigenvalue weighted by molar-refractivity contribution is 7.81. The molecular weight excluding hydrogens is 248 g/mol. The monoisotopic (exact) mass is 266 g/mol. The summed E-state index contributed by atoms with van der Waals surface area (Å²) in [6, 6.07) is 9.69. The van der Waals surface area contributed by atoms with Crippen LogP contribution in [0.5, 0.6) is 0 Å². The highest BCUT2D eigenvalue weighted by Crippen LogP contribution is 2.22. The summed E-state index contributed by atoms with van der Waals surface area (Å²) in [5.74, 6) is 0. The number of likely N-dealkylation sites (tertiary alicyclic amines) is 1. The summed E-state index contributed by atoms with van der Waals surface area (Å²) in [5, 5.41) is 0.197. The smallest absolute Gasteiger partial charge is 0.410 e. The molecular formula is C13H18N2O2S. The fraction of sp³-hybridized carbons (Fsp3) is 0.462. The van der Waals surface area contributed by atoms with Gasteiger partial charge < -0.3 is 15.4 Å².